The summed E-state index contributed by atoms with van der Waals surface area (Å²) < 4.78 is 30.8. The summed E-state index contributed by atoms with van der Waals surface area (Å²) in [5.41, 5.74) is 1.62. The second-order valence-electron chi connectivity index (χ2n) is 7.65. The van der Waals surface area contributed by atoms with Crippen LogP contribution in [0.2, 0.25) is 5.02 Å². The summed E-state index contributed by atoms with van der Waals surface area (Å²) in [5, 5.41) is 17.8. The standard InChI is InChI=1S/C19H26ClN5O3S2/c1-11(2)7-13(10-26)24-30(27,28)18-9-17-15(8-14(18)20)23-19(29-17)22-12(3)16-5-6-21-25(16)4/h5-6,8-9,11-13,24,26H,7,10H2,1-4H3,(H,22,23)/t12-,13+/m0/s1. The van der Waals surface area contributed by atoms with Crippen LogP contribution in [-0.4, -0.2) is 40.9 Å². The van der Waals surface area contributed by atoms with Gasteiger partial charge < -0.3 is 10.4 Å². The molecule has 0 fully saturated rings. The zero-order valence-electron chi connectivity index (χ0n) is 17.3. The Hall–Kier alpha value is -1.72. The van der Waals surface area contributed by atoms with Gasteiger partial charge in [-0.05, 0) is 37.5 Å². The SMILES string of the molecule is CC(C)C[C@H](CO)NS(=O)(=O)c1cc2sc(N[C@@H](C)c3ccnn3C)nc2cc1Cl. The number of rotatable bonds is 9. The van der Waals surface area contributed by atoms with Gasteiger partial charge in [-0.15, -0.1) is 0 Å². The predicted molar refractivity (Wildman–Crippen MR) is 121 cm³/mol. The maximum atomic E-state index is 12.9. The van der Waals surface area contributed by atoms with Gasteiger partial charge in [-0.25, -0.2) is 18.1 Å². The summed E-state index contributed by atoms with van der Waals surface area (Å²) >= 11 is 7.64. The van der Waals surface area contributed by atoms with Crippen LogP contribution in [0.3, 0.4) is 0 Å². The molecule has 0 aliphatic heterocycles. The summed E-state index contributed by atoms with van der Waals surface area (Å²) in [4.78, 5) is 4.51. The molecule has 0 amide bonds. The lowest BCUT2D eigenvalue weighted by molar-refractivity contribution is 0.240. The highest BCUT2D eigenvalue weighted by atomic mass is 35.5. The lowest BCUT2D eigenvalue weighted by Crippen LogP contribution is -2.38. The fourth-order valence-corrected chi connectivity index (χ4v) is 6.11. The summed E-state index contributed by atoms with van der Waals surface area (Å²) in [6.45, 7) is 5.65. The van der Waals surface area contributed by atoms with E-state index >= 15 is 0 Å². The van der Waals surface area contributed by atoms with Crippen molar-refractivity contribution in [3.8, 4) is 0 Å². The predicted octanol–water partition coefficient (Wildman–Crippen LogP) is 3.54. The van der Waals surface area contributed by atoms with Gasteiger partial charge in [0.1, 0.15) is 4.90 Å². The van der Waals surface area contributed by atoms with E-state index in [0.29, 0.717) is 21.8 Å². The number of halogens is 1. The van der Waals surface area contributed by atoms with Crippen LogP contribution in [0, 0.1) is 5.92 Å². The molecule has 0 bridgehead atoms. The van der Waals surface area contributed by atoms with E-state index in [1.807, 2.05) is 33.9 Å². The normalized spacial score (nSPS) is 14.4. The minimum atomic E-state index is -3.89. The smallest absolute Gasteiger partial charge is 0.242 e. The Morgan fingerprint density at radius 2 is 2.03 bits per heavy atom. The number of aliphatic hydroxyl groups excluding tert-OH is 1. The third-order valence-electron chi connectivity index (χ3n) is 4.67. The second-order valence-corrected chi connectivity index (χ2v) is 10.8. The lowest BCUT2D eigenvalue weighted by atomic mass is 10.1. The van der Waals surface area contributed by atoms with Crippen molar-refractivity contribution < 1.29 is 13.5 Å². The van der Waals surface area contributed by atoms with Gasteiger partial charge in [0.05, 0.1) is 33.6 Å². The van der Waals surface area contributed by atoms with Crippen molar-refractivity contribution in [2.75, 3.05) is 11.9 Å². The number of benzene rings is 1. The first kappa shape index (κ1) is 23.0. The largest absolute Gasteiger partial charge is 0.395 e. The Morgan fingerprint density at radius 1 is 1.30 bits per heavy atom. The van der Waals surface area contributed by atoms with Crippen LogP contribution in [0.5, 0.6) is 0 Å². The molecular formula is C19H26ClN5O3S2. The van der Waals surface area contributed by atoms with E-state index in [2.05, 4.69) is 20.1 Å². The molecule has 3 N–H and O–H groups in total. The van der Waals surface area contributed by atoms with Crippen LogP contribution in [0.15, 0.2) is 29.3 Å². The molecule has 0 saturated carbocycles. The average molecular weight is 472 g/mol. The molecule has 0 radical (unpaired) electrons. The topological polar surface area (TPSA) is 109 Å². The molecule has 2 atom stereocenters. The molecule has 0 saturated heterocycles. The molecule has 3 rings (SSSR count). The molecule has 0 unspecified atom stereocenters. The van der Waals surface area contributed by atoms with Gasteiger partial charge >= 0.3 is 0 Å². The number of aromatic nitrogens is 3. The zero-order valence-corrected chi connectivity index (χ0v) is 19.6. The van der Waals surface area contributed by atoms with Crippen LogP contribution >= 0.6 is 22.9 Å². The number of sulfonamides is 1. The van der Waals surface area contributed by atoms with Crippen LogP contribution in [0.25, 0.3) is 10.2 Å². The van der Waals surface area contributed by atoms with E-state index in [9.17, 15) is 13.5 Å². The van der Waals surface area contributed by atoms with Gasteiger partial charge in [-0.1, -0.05) is 36.8 Å². The number of hydrogen-bond acceptors (Lipinski definition) is 7. The molecule has 30 heavy (non-hydrogen) atoms. The van der Waals surface area contributed by atoms with E-state index < -0.39 is 16.1 Å². The highest BCUT2D eigenvalue weighted by Crippen LogP contribution is 2.34. The van der Waals surface area contributed by atoms with Gasteiger partial charge in [-0.3, -0.25) is 4.68 Å². The Balaban J connectivity index is 1.87. The van der Waals surface area contributed by atoms with Gasteiger partial charge in [0, 0.05) is 19.3 Å². The molecule has 164 valence electrons. The van der Waals surface area contributed by atoms with Crippen molar-refractivity contribution in [2.45, 2.75) is 44.2 Å². The Kier molecular flexibility index (Phi) is 7.03. The number of anilines is 1. The summed E-state index contributed by atoms with van der Waals surface area (Å²) in [6, 6.07) is 4.41. The van der Waals surface area contributed by atoms with Crippen LogP contribution in [0.4, 0.5) is 5.13 Å². The molecule has 8 nitrogen and oxygen atoms in total. The zero-order chi connectivity index (χ0) is 22.1. The van der Waals surface area contributed by atoms with Gasteiger partial charge in [0.15, 0.2) is 5.13 Å². The summed E-state index contributed by atoms with van der Waals surface area (Å²) in [7, 11) is -2.02. The summed E-state index contributed by atoms with van der Waals surface area (Å²) in [6.07, 6.45) is 2.25. The quantitative estimate of drug-likeness (QED) is 0.440. The van der Waals surface area contributed by atoms with Gasteiger partial charge in [0.2, 0.25) is 10.0 Å². The molecule has 1 aromatic carbocycles. The first-order chi connectivity index (χ1) is 14.1. The minimum Gasteiger partial charge on any atom is -0.395 e. The fourth-order valence-electron chi connectivity index (χ4n) is 3.28. The number of fused-ring (bicyclic) bond motifs is 1. The number of nitrogens with one attached hydrogen (secondary N) is 2. The number of aliphatic hydroxyl groups is 1. The van der Waals surface area contributed by atoms with Crippen molar-refractivity contribution in [1.29, 1.82) is 0 Å². The highest BCUT2D eigenvalue weighted by molar-refractivity contribution is 7.89. The fraction of sp³-hybridized carbons (Fsp3) is 0.474. The maximum absolute atomic E-state index is 12.9. The lowest BCUT2D eigenvalue weighted by Gasteiger charge is -2.18. The second kappa shape index (κ2) is 9.19. The highest BCUT2D eigenvalue weighted by Gasteiger charge is 2.24. The number of hydrogen-bond donors (Lipinski definition) is 3. The average Bonchev–Trinajstić information content (AvgIpc) is 3.24. The number of thiazole rings is 1. The number of aryl methyl sites for hydroxylation is 1. The maximum Gasteiger partial charge on any atom is 0.242 e. The Bertz CT molecular complexity index is 1130. The van der Waals surface area contributed by atoms with Crippen LogP contribution in [-0.2, 0) is 17.1 Å². The Morgan fingerprint density at radius 3 is 2.63 bits per heavy atom. The van der Waals surface area contributed by atoms with E-state index in [-0.39, 0.29) is 28.5 Å². The minimum absolute atomic E-state index is 0.0197. The van der Waals surface area contributed by atoms with Crippen molar-refractivity contribution >= 4 is 48.3 Å². The molecule has 0 spiro atoms. The van der Waals surface area contributed by atoms with Crippen molar-refractivity contribution in [2.24, 2.45) is 13.0 Å². The van der Waals surface area contributed by atoms with E-state index in [0.717, 1.165) is 5.69 Å². The van der Waals surface area contributed by atoms with E-state index in [4.69, 9.17) is 11.6 Å². The third kappa shape index (κ3) is 5.12. The van der Waals surface area contributed by atoms with Gasteiger partial charge in [0.25, 0.3) is 0 Å². The molecule has 11 heteroatoms. The van der Waals surface area contributed by atoms with Crippen LogP contribution < -0.4 is 10.0 Å². The van der Waals surface area contributed by atoms with Crippen molar-refractivity contribution in [3.05, 3.63) is 35.1 Å². The monoisotopic (exact) mass is 471 g/mol. The summed E-state index contributed by atoms with van der Waals surface area (Å²) in [5.74, 6) is 0.236. The van der Waals surface area contributed by atoms with Crippen molar-refractivity contribution in [1.82, 2.24) is 19.5 Å². The molecule has 2 aromatic heterocycles. The van der Waals surface area contributed by atoms with Crippen LogP contribution in [0.1, 0.15) is 38.9 Å². The van der Waals surface area contributed by atoms with Gasteiger partial charge in [-0.2, -0.15) is 5.10 Å². The van der Waals surface area contributed by atoms with E-state index in [1.54, 1.807) is 16.9 Å². The molecule has 0 aliphatic carbocycles. The molecule has 0 aliphatic rings. The first-order valence-corrected chi connectivity index (χ1v) is 12.3. The molecular weight excluding hydrogens is 446 g/mol. The van der Waals surface area contributed by atoms with Crippen molar-refractivity contribution in [3.63, 3.8) is 0 Å². The molecule has 2 heterocycles. The van der Waals surface area contributed by atoms with E-state index in [1.165, 1.54) is 17.4 Å². The number of nitrogens with zero attached hydrogens (tertiary/aromatic N) is 3. The third-order valence-corrected chi connectivity index (χ3v) is 7.61. The Labute approximate surface area is 185 Å². The first-order valence-electron chi connectivity index (χ1n) is 9.58. The molecule has 3 aromatic rings.